The van der Waals surface area contributed by atoms with Crippen LogP contribution in [0, 0.1) is 6.92 Å². The molecule has 0 aromatic carbocycles. The van der Waals surface area contributed by atoms with E-state index >= 15 is 0 Å². The minimum atomic E-state index is 0.250. The summed E-state index contributed by atoms with van der Waals surface area (Å²) < 4.78 is 0. The van der Waals surface area contributed by atoms with Crippen LogP contribution in [0.2, 0.25) is 0 Å². The average Bonchev–Trinajstić information content (AvgIpc) is 2.64. The Morgan fingerprint density at radius 2 is 2.07 bits per heavy atom. The van der Waals surface area contributed by atoms with E-state index in [-0.39, 0.29) is 6.04 Å². The van der Waals surface area contributed by atoms with Gasteiger partial charge in [0.2, 0.25) is 0 Å². The monoisotopic (exact) mass is 191 g/mol. The molecule has 14 heavy (non-hydrogen) atoms. The first-order valence-corrected chi connectivity index (χ1v) is 5.26. The molecule has 0 bridgehead atoms. The van der Waals surface area contributed by atoms with Gasteiger partial charge in [-0.3, -0.25) is 0 Å². The second-order valence-corrected chi connectivity index (χ2v) is 3.96. The number of nitrogens with zero attached hydrogens (tertiary/aromatic N) is 2. The lowest BCUT2D eigenvalue weighted by Crippen LogP contribution is -2.17. The van der Waals surface area contributed by atoms with Gasteiger partial charge >= 0.3 is 0 Å². The minimum Gasteiger partial charge on any atom is -0.311 e. The Labute approximate surface area is 85.0 Å². The third-order valence-corrected chi connectivity index (χ3v) is 2.98. The molecule has 2 rings (SSSR count). The Hall–Kier alpha value is -0.960. The predicted molar refractivity (Wildman–Crippen MR) is 56.3 cm³/mol. The number of nitrogens with one attached hydrogen (secondary N) is 1. The maximum absolute atomic E-state index is 4.61. The highest BCUT2D eigenvalue weighted by atomic mass is 15.0. The highest BCUT2D eigenvalue weighted by Crippen LogP contribution is 2.23. The Bertz CT molecular complexity index is 347. The van der Waals surface area contributed by atoms with Crippen LogP contribution in [-0.4, -0.2) is 17.0 Å². The summed E-state index contributed by atoms with van der Waals surface area (Å²) in [7, 11) is 1.94. The van der Waals surface area contributed by atoms with Crippen LogP contribution in [0.25, 0.3) is 0 Å². The van der Waals surface area contributed by atoms with Crippen LogP contribution < -0.4 is 5.32 Å². The molecule has 0 saturated heterocycles. The SMILES string of the molecule is CNC(C)c1nc(C)c2c(n1)CCC2. The molecule has 0 radical (unpaired) electrons. The van der Waals surface area contributed by atoms with Crippen molar-refractivity contribution < 1.29 is 0 Å². The third kappa shape index (κ3) is 1.52. The van der Waals surface area contributed by atoms with Crippen molar-refractivity contribution in [2.24, 2.45) is 0 Å². The van der Waals surface area contributed by atoms with E-state index < -0.39 is 0 Å². The van der Waals surface area contributed by atoms with E-state index in [1.165, 1.54) is 23.4 Å². The summed E-state index contributed by atoms with van der Waals surface area (Å²) in [5, 5.41) is 3.17. The smallest absolute Gasteiger partial charge is 0.145 e. The number of fused-ring (bicyclic) bond motifs is 1. The van der Waals surface area contributed by atoms with Crippen molar-refractivity contribution in [1.82, 2.24) is 15.3 Å². The van der Waals surface area contributed by atoms with Crippen molar-refractivity contribution in [3.8, 4) is 0 Å². The summed E-state index contributed by atoms with van der Waals surface area (Å²) in [6, 6.07) is 0.250. The zero-order valence-electron chi connectivity index (χ0n) is 9.09. The summed E-state index contributed by atoms with van der Waals surface area (Å²) in [6.07, 6.45) is 3.53. The predicted octanol–water partition coefficient (Wildman–Crippen LogP) is 1.55. The molecule has 3 heteroatoms. The largest absolute Gasteiger partial charge is 0.311 e. The number of aryl methyl sites for hydroxylation is 2. The Balaban J connectivity index is 2.41. The van der Waals surface area contributed by atoms with Crippen molar-refractivity contribution in [1.29, 1.82) is 0 Å². The van der Waals surface area contributed by atoms with E-state index in [2.05, 4.69) is 29.1 Å². The molecule has 1 aromatic heterocycles. The molecule has 1 atom stereocenters. The van der Waals surface area contributed by atoms with E-state index in [0.29, 0.717) is 0 Å². The van der Waals surface area contributed by atoms with Crippen molar-refractivity contribution in [2.45, 2.75) is 39.2 Å². The van der Waals surface area contributed by atoms with E-state index in [1.54, 1.807) is 0 Å². The van der Waals surface area contributed by atoms with Gasteiger partial charge in [0.05, 0.1) is 6.04 Å². The number of aromatic nitrogens is 2. The fourth-order valence-electron chi connectivity index (χ4n) is 1.97. The third-order valence-electron chi connectivity index (χ3n) is 2.98. The molecule has 0 amide bonds. The second-order valence-electron chi connectivity index (χ2n) is 3.96. The average molecular weight is 191 g/mol. The lowest BCUT2D eigenvalue weighted by molar-refractivity contribution is 0.603. The summed E-state index contributed by atoms with van der Waals surface area (Å²) in [4.78, 5) is 9.15. The van der Waals surface area contributed by atoms with Gasteiger partial charge in [0.25, 0.3) is 0 Å². The molecule has 0 aliphatic heterocycles. The lowest BCUT2D eigenvalue weighted by atomic mass is 10.2. The van der Waals surface area contributed by atoms with Crippen LogP contribution in [-0.2, 0) is 12.8 Å². The fourth-order valence-corrected chi connectivity index (χ4v) is 1.97. The molecular formula is C11H17N3. The summed E-state index contributed by atoms with van der Waals surface area (Å²) in [6.45, 7) is 4.19. The van der Waals surface area contributed by atoms with Gasteiger partial charge < -0.3 is 5.32 Å². The molecule has 1 N–H and O–H groups in total. The van der Waals surface area contributed by atoms with Crippen LogP contribution in [0.5, 0.6) is 0 Å². The minimum absolute atomic E-state index is 0.250. The summed E-state index contributed by atoms with van der Waals surface area (Å²) >= 11 is 0. The lowest BCUT2D eigenvalue weighted by Gasteiger charge is -2.11. The van der Waals surface area contributed by atoms with Crippen LogP contribution in [0.15, 0.2) is 0 Å². The van der Waals surface area contributed by atoms with Crippen molar-refractivity contribution >= 4 is 0 Å². The molecule has 3 nitrogen and oxygen atoms in total. The van der Waals surface area contributed by atoms with Gasteiger partial charge in [-0.15, -0.1) is 0 Å². The molecule has 1 aliphatic rings. The molecule has 1 aromatic rings. The number of hydrogen-bond donors (Lipinski definition) is 1. The van der Waals surface area contributed by atoms with E-state index in [0.717, 1.165) is 18.7 Å². The number of rotatable bonds is 2. The molecule has 0 fully saturated rings. The summed E-state index contributed by atoms with van der Waals surface area (Å²) in [5.41, 5.74) is 3.83. The van der Waals surface area contributed by atoms with Crippen LogP contribution in [0.4, 0.5) is 0 Å². The molecule has 0 saturated carbocycles. The number of hydrogen-bond acceptors (Lipinski definition) is 3. The quantitative estimate of drug-likeness (QED) is 0.770. The molecule has 0 spiro atoms. The van der Waals surface area contributed by atoms with E-state index in [4.69, 9.17) is 0 Å². The first-order chi connectivity index (χ1) is 6.72. The first kappa shape index (κ1) is 9.59. The summed E-state index contributed by atoms with van der Waals surface area (Å²) in [5.74, 6) is 0.936. The van der Waals surface area contributed by atoms with Gasteiger partial charge in [0.1, 0.15) is 5.82 Å². The molecule has 1 aliphatic carbocycles. The van der Waals surface area contributed by atoms with Gasteiger partial charge in [-0.25, -0.2) is 9.97 Å². The highest BCUT2D eigenvalue weighted by molar-refractivity contribution is 5.29. The van der Waals surface area contributed by atoms with Crippen LogP contribution in [0.1, 0.15) is 42.2 Å². The van der Waals surface area contributed by atoms with Crippen LogP contribution >= 0.6 is 0 Å². The van der Waals surface area contributed by atoms with Crippen molar-refractivity contribution in [3.63, 3.8) is 0 Å². The second kappa shape index (κ2) is 3.65. The Morgan fingerprint density at radius 3 is 2.79 bits per heavy atom. The zero-order valence-corrected chi connectivity index (χ0v) is 9.09. The standard InChI is InChI=1S/C11H17N3/c1-7-9-5-4-6-10(9)14-11(13-7)8(2)12-3/h8,12H,4-6H2,1-3H3. The van der Waals surface area contributed by atoms with Crippen molar-refractivity contribution in [2.75, 3.05) is 7.05 Å². The van der Waals surface area contributed by atoms with Gasteiger partial charge in [-0.2, -0.15) is 0 Å². The normalized spacial score (nSPS) is 16.8. The first-order valence-electron chi connectivity index (χ1n) is 5.26. The molecule has 1 unspecified atom stereocenters. The molecular weight excluding hydrogens is 174 g/mol. The van der Waals surface area contributed by atoms with Gasteiger partial charge in [0, 0.05) is 11.4 Å². The van der Waals surface area contributed by atoms with Gasteiger partial charge in [-0.05, 0) is 45.7 Å². The van der Waals surface area contributed by atoms with Gasteiger partial charge in [-0.1, -0.05) is 0 Å². The highest BCUT2D eigenvalue weighted by Gasteiger charge is 2.18. The maximum atomic E-state index is 4.61. The van der Waals surface area contributed by atoms with Gasteiger partial charge in [0.15, 0.2) is 0 Å². The van der Waals surface area contributed by atoms with E-state index in [9.17, 15) is 0 Å². The molecule has 76 valence electrons. The van der Waals surface area contributed by atoms with Crippen LogP contribution in [0.3, 0.4) is 0 Å². The Morgan fingerprint density at radius 1 is 1.29 bits per heavy atom. The Kier molecular flexibility index (Phi) is 2.50. The van der Waals surface area contributed by atoms with Crippen molar-refractivity contribution in [3.05, 3.63) is 22.8 Å². The van der Waals surface area contributed by atoms with E-state index in [1.807, 2.05) is 7.05 Å². The fraction of sp³-hybridized carbons (Fsp3) is 0.636. The maximum Gasteiger partial charge on any atom is 0.145 e. The molecule has 1 heterocycles. The topological polar surface area (TPSA) is 37.8 Å². The zero-order chi connectivity index (χ0) is 10.1.